The van der Waals surface area contributed by atoms with E-state index in [0.717, 1.165) is 12.8 Å². The van der Waals surface area contributed by atoms with Crippen molar-refractivity contribution in [2.75, 3.05) is 25.5 Å². The van der Waals surface area contributed by atoms with Crippen LogP contribution in [0.5, 0.6) is 5.75 Å². The fraction of sp³-hybridized carbons (Fsp3) is 0.450. The van der Waals surface area contributed by atoms with Crippen molar-refractivity contribution in [2.24, 2.45) is 23.7 Å². The van der Waals surface area contributed by atoms with E-state index in [9.17, 15) is 14.4 Å². The third-order valence-electron chi connectivity index (χ3n) is 5.83. The molecule has 3 aliphatic carbocycles. The van der Waals surface area contributed by atoms with E-state index < -0.39 is 6.03 Å². The van der Waals surface area contributed by atoms with Gasteiger partial charge in [0, 0.05) is 13.1 Å². The molecule has 2 N–H and O–H groups in total. The average Bonchev–Trinajstić information content (AvgIpc) is 2.96. The van der Waals surface area contributed by atoms with E-state index in [0.29, 0.717) is 11.4 Å². The normalized spacial score (nSPS) is 28.3. The SMILES string of the molecule is COc1ccccc1NC(=O)NCCN1C(=O)C2C3C=CC(CC3)C2C1=O. The highest BCUT2D eigenvalue weighted by Gasteiger charge is 2.56. The van der Waals surface area contributed by atoms with Crippen molar-refractivity contribution < 1.29 is 19.1 Å². The molecule has 4 atom stereocenters. The highest BCUT2D eigenvalue weighted by Crippen LogP contribution is 2.49. The minimum absolute atomic E-state index is 0.0870. The summed E-state index contributed by atoms with van der Waals surface area (Å²) >= 11 is 0. The molecule has 27 heavy (non-hydrogen) atoms. The van der Waals surface area contributed by atoms with Crippen LogP contribution in [0.25, 0.3) is 0 Å². The molecule has 1 aromatic carbocycles. The Morgan fingerprint density at radius 3 is 2.33 bits per heavy atom. The fourth-order valence-electron chi connectivity index (χ4n) is 4.55. The van der Waals surface area contributed by atoms with Crippen LogP contribution in [-0.4, -0.2) is 42.9 Å². The van der Waals surface area contributed by atoms with Crippen LogP contribution in [-0.2, 0) is 9.59 Å². The zero-order valence-corrected chi connectivity index (χ0v) is 15.2. The largest absolute Gasteiger partial charge is 0.495 e. The number of benzene rings is 1. The van der Waals surface area contributed by atoms with E-state index in [1.165, 1.54) is 12.0 Å². The lowest BCUT2D eigenvalue weighted by Crippen LogP contribution is -2.40. The predicted octanol–water partition coefficient (Wildman–Crippen LogP) is 2.01. The van der Waals surface area contributed by atoms with Crippen LogP contribution in [0.15, 0.2) is 36.4 Å². The minimum atomic E-state index is -0.405. The predicted molar refractivity (Wildman–Crippen MR) is 99.1 cm³/mol. The van der Waals surface area contributed by atoms with Crippen LogP contribution in [0, 0.1) is 23.7 Å². The van der Waals surface area contributed by atoms with E-state index >= 15 is 0 Å². The lowest BCUT2D eigenvalue weighted by molar-refractivity contribution is -0.140. The van der Waals surface area contributed by atoms with Gasteiger partial charge < -0.3 is 15.4 Å². The molecule has 4 amide bonds. The van der Waals surface area contributed by atoms with Gasteiger partial charge in [-0.3, -0.25) is 14.5 Å². The molecule has 1 saturated carbocycles. The molecule has 0 radical (unpaired) electrons. The van der Waals surface area contributed by atoms with Gasteiger partial charge in [-0.1, -0.05) is 24.3 Å². The van der Waals surface area contributed by atoms with E-state index in [2.05, 4.69) is 22.8 Å². The van der Waals surface area contributed by atoms with E-state index in [1.807, 2.05) is 6.07 Å². The van der Waals surface area contributed by atoms with Gasteiger partial charge in [0.2, 0.25) is 11.8 Å². The number of likely N-dealkylation sites (tertiary alicyclic amines) is 1. The summed E-state index contributed by atoms with van der Waals surface area (Å²) in [5.41, 5.74) is 0.555. The molecule has 1 aromatic rings. The van der Waals surface area contributed by atoms with Gasteiger partial charge in [-0.15, -0.1) is 0 Å². The Hall–Kier alpha value is -2.83. The Labute approximate surface area is 157 Å². The van der Waals surface area contributed by atoms with Gasteiger partial charge in [0.05, 0.1) is 24.6 Å². The highest BCUT2D eigenvalue weighted by molar-refractivity contribution is 6.06. The van der Waals surface area contributed by atoms with Gasteiger partial charge in [0.1, 0.15) is 5.75 Å². The van der Waals surface area contributed by atoms with Gasteiger partial charge in [-0.05, 0) is 36.8 Å². The Morgan fingerprint density at radius 1 is 1.11 bits per heavy atom. The summed E-state index contributed by atoms with van der Waals surface area (Å²) in [5.74, 6) is 0.343. The maximum Gasteiger partial charge on any atom is 0.319 e. The van der Waals surface area contributed by atoms with Gasteiger partial charge >= 0.3 is 6.03 Å². The Morgan fingerprint density at radius 2 is 1.74 bits per heavy atom. The lowest BCUT2D eigenvalue weighted by atomic mass is 9.63. The number of carbonyl (C=O) groups is 3. The third-order valence-corrected chi connectivity index (χ3v) is 5.83. The Balaban J connectivity index is 1.32. The number of carbonyl (C=O) groups excluding carboxylic acids is 3. The number of methoxy groups -OCH3 is 1. The molecule has 7 nitrogen and oxygen atoms in total. The lowest BCUT2D eigenvalue weighted by Gasteiger charge is -2.38. The molecule has 1 heterocycles. The maximum absolute atomic E-state index is 12.7. The molecule has 0 spiro atoms. The smallest absolute Gasteiger partial charge is 0.319 e. The summed E-state index contributed by atoms with van der Waals surface area (Å²) in [4.78, 5) is 38.9. The van der Waals surface area contributed by atoms with E-state index in [4.69, 9.17) is 4.74 Å². The molecule has 5 rings (SSSR count). The average molecular weight is 369 g/mol. The number of ether oxygens (including phenoxy) is 1. The number of imide groups is 1. The molecule has 1 aliphatic heterocycles. The van der Waals surface area contributed by atoms with Crippen molar-refractivity contribution in [1.82, 2.24) is 10.2 Å². The summed E-state index contributed by atoms with van der Waals surface area (Å²) in [7, 11) is 1.53. The Kier molecular flexibility index (Phi) is 4.59. The highest BCUT2D eigenvalue weighted by atomic mass is 16.5. The van der Waals surface area contributed by atoms with Crippen LogP contribution in [0.1, 0.15) is 12.8 Å². The van der Waals surface area contributed by atoms with Crippen molar-refractivity contribution in [1.29, 1.82) is 0 Å². The minimum Gasteiger partial charge on any atom is -0.495 e. The van der Waals surface area contributed by atoms with Gasteiger partial charge in [-0.2, -0.15) is 0 Å². The number of fused-ring (bicyclic) bond motifs is 1. The number of hydrogen-bond donors (Lipinski definition) is 2. The number of nitrogens with one attached hydrogen (secondary N) is 2. The van der Waals surface area contributed by atoms with Crippen LogP contribution in [0.2, 0.25) is 0 Å². The molecule has 1 saturated heterocycles. The molecule has 4 aliphatic rings. The number of amides is 4. The van der Waals surface area contributed by atoms with Crippen molar-refractivity contribution >= 4 is 23.5 Å². The third kappa shape index (κ3) is 3.07. The Bertz CT molecular complexity index is 774. The fourth-order valence-corrected chi connectivity index (χ4v) is 4.55. The van der Waals surface area contributed by atoms with Crippen molar-refractivity contribution in [3.8, 4) is 5.75 Å². The summed E-state index contributed by atoms with van der Waals surface area (Å²) in [6.45, 7) is 0.407. The number of hydrogen-bond acceptors (Lipinski definition) is 4. The van der Waals surface area contributed by atoms with Crippen molar-refractivity contribution in [3.63, 3.8) is 0 Å². The molecule has 7 heteroatoms. The first-order valence-corrected chi connectivity index (χ1v) is 9.31. The van der Waals surface area contributed by atoms with E-state index in [-0.39, 0.29) is 48.6 Å². The first kappa shape index (κ1) is 17.6. The monoisotopic (exact) mass is 369 g/mol. The molecule has 2 bridgehead atoms. The van der Waals surface area contributed by atoms with Gasteiger partial charge in [-0.25, -0.2) is 4.79 Å². The molecule has 142 valence electrons. The molecule has 4 unspecified atom stereocenters. The number of nitrogens with zero attached hydrogens (tertiary/aromatic N) is 1. The zero-order chi connectivity index (χ0) is 19.0. The molecule has 0 aromatic heterocycles. The standard InChI is InChI=1S/C20H23N3O4/c1-27-15-5-3-2-4-14(15)22-20(26)21-10-11-23-18(24)16-12-6-7-13(9-8-12)17(16)19(23)25/h2-7,12-13,16-17H,8-11H2,1H3,(H2,21,22,26). The number of rotatable bonds is 5. The summed E-state index contributed by atoms with van der Waals surface area (Å²) in [6, 6.07) is 6.69. The first-order chi connectivity index (χ1) is 13.1. The van der Waals surface area contributed by atoms with Crippen LogP contribution >= 0.6 is 0 Å². The number of para-hydroxylation sites is 2. The summed E-state index contributed by atoms with van der Waals surface area (Å²) in [6.07, 6.45) is 6.16. The van der Waals surface area contributed by atoms with Gasteiger partial charge in [0.15, 0.2) is 0 Å². The second-order valence-electron chi connectivity index (χ2n) is 7.25. The summed E-state index contributed by atoms with van der Waals surface area (Å²) < 4.78 is 5.19. The zero-order valence-electron chi connectivity index (χ0n) is 15.2. The maximum atomic E-state index is 12.7. The summed E-state index contributed by atoms with van der Waals surface area (Å²) in [5, 5.41) is 5.41. The first-order valence-electron chi connectivity index (χ1n) is 9.31. The second-order valence-corrected chi connectivity index (χ2v) is 7.25. The van der Waals surface area contributed by atoms with Gasteiger partial charge in [0.25, 0.3) is 0 Å². The molecular weight excluding hydrogens is 346 g/mol. The van der Waals surface area contributed by atoms with Crippen LogP contribution < -0.4 is 15.4 Å². The van der Waals surface area contributed by atoms with E-state index in [1.54, 1.807) is 18.2 Å². The number of anilines is 1. The number of urea groups is 1. The van der Waals surface area contributed by atoms with Crippen molar-refractivity contribution in [2.45, 2.75) is 12.8 Å². The molecule has 2 fully saturated rings. The quantitative estimate of drug-likeness (QED) is 0.614. The van der Waals surface area contributed by atoms with Crippen LogP contribution in [0.3, 0.4) is 0 Å². The van der Waals surface area contributed by atoms with Crippen LogP contribution in [0.4, 0.5) is 10.5 Å². The van der Waals surface area contributed by atoms with Crippen molar-refractivity contribution in [3.05, 3.63) is 36.4 Å². The topological polar surface area (TPSA) is 87.7 Å². The molecular formula is C20H23N3O4. The second kappa shape index (κ2) is 7.06. The number of allylic oxidation sites excluding steroid dienone is 2.